The number of hydrogen-bond acceptors (Lipinski definition) is 5. The molecule has 1 heterocycles. The molecule has 5 heteroatoms. The van der Waals surface area contributed by atoms with Gasteiger partial charge in [0.05, 0.1) is 5.92 Å². The van der Waals surface area contributed by atoms with Crippen LogP contribution in [0.4, 0.5) is 0 Å². The van der Waals surface area contributed by atoms with E-state index in [1.54, 1.807) is 6.92 Å². The van der Waals surface area contributed by atoms with E-state index >= 15 is 0 Å². The van der Waals surface area contributed by atoms with E-state index in [9.17, 15) is 9.59 Å². The molecule has 1 aliphatic heterocycles. The lowest BCUT2D eigenvalue weighted by Gasteiger charge is -2.28. The van der Waals surface area contributed by atoms with Gasteiger partial charge in [-0.15, -0.1) is 0 Å². The van der Waals surface area contributed by atoms with Crippen LogP contribution in [-0.2, 0) is 14.5 Å². The van der Waals surface area contributed by atoms with E-state index < -0.39 is 11.9 Å². The van der Waals surface area contributed by atoms with Crippen molar-refractivity contribution in [2.45, 2.75) is 70.5 Å². The number of rotatable bonds is 9. The van der Waals surface area contributed by atoms with Crippen molar-refractivity contribution in [2.75, 3.05) is 0 Å². The van der Waals surface area contributed by atoms with Crippen LogP contribution in [0.3, 0.4) is 0 Å². The smallest absolute Gasteiger partial charge is 0.300 e. The predicted molar refractivity (Wildman–Crippen MR) is 85.0 cm³/mol. The monoisotopic (exact) mass is 314 g/mol. The highest BCUT2D eigenvalue weighted by Crippen LogP contribution is 2.46. The number of hydrogen-bond donors (Lipinski definition) is 1. The van der Waals surface area contributed by atoms with Gasteiger partial charge in [-0.05, 0) is 31.9 Å². The van der Waals surface area contributed by atoms with E-state index in [1.807, 2.05) is 6.92 Å². The molecule has 0 fully saturated rings. The molecule has 0 aromatic heterocycles. The number of carbonyl (C=O) groups excluding carboxylic acids is 2. The van der Waals surface area contributed by atoms with Gasteiger partial charge in [-0.25, -0.2) is 4.79 Å². The summed E-state index contributed by atoms with van der Waals surface area (Å²) in [6.07, 6.45) is 9.57. The first-order valence-corrected chi connectivity index (χ1v) is 8.56. The van der Waals surface area contributed by atoms with Crippen LogP contribution in [0.15, 0.2) is 11.6 Å². The first-order chi connectivity index (χ1) is 9.94. The number of thioether (sulfide) groups is 1. The summed E-state index contributed by atoms with van der Waals surface area (Å²) in [5.41, 5.74) is 0.769. The minimum absolute atomic E-state index is 0.0175. The average molecular weight is 314 g/mol. The molecule has 1 aliphatic rings. The molecule has 0 aromatic carbocycles. The van der Waals surface area contributed by atoms with Gasteiger partial charge >= 0.3 is 5.97 Å². The molecule has 0 saturated carbocycles. The number of carbonyl (C=O) groups is 2. The summed E-state index contributed by atoms with van der Waals surface area (Å²) in [7, 11) is 0. The zero-order chi connectivity index (χ0) is 15.9. The lowest BCUT2D eigenvalue weighted by molar-refractivity contribution is -0.237. The number of unbranched alkanes of at least 4 members (excludes halogenated alkanes) is 5. The first kappa shape index (κ1) is 18.2. The van der Waals surface area contributed by atoms with Crippen LogP contribution in [0, 0.1) is 5.92 Å². The summed E-state index contributed by atoms with van der Waals surface area (Å²) in [6.45, 7) is 5.87. The molecule has 0 saturated heterocycles. The molecule has 1 rings (SSSR count). The zero-order valence-electron chi connectivity index (χ0n) is 13.2. The second-order valence-electron chi connectivity index (χ2n) is 5.90. The van der Waals surface area contributed by atoms with Crippen molar-refractivity contribution >= 4 is 22.8 Å². The van der Waals surface area contributed by atoms with Crippen molar-refractivity contribution < 1.29 is 19.7 Å². The van der Waals surface area contributed by atoms with Crippen molar-refractivity contribution in [2.24, 2.45) is 5.92 Å². The molecule has 0 radical (unpaired) electrons. The Balaban J connectivity index is 2.55. The summed E-state index contributed by atoms with van der Waals surface area (Å²) in [5.74, 6) is -1.29. The van der Waals surface area contributed by atoms with Crippen molar-refractivity contribution in [1.82, 2.24) is 0 Å². The Morgan fingerprint density at radius 2 is 1.95 bits per heavy atom. The maximum Gasteiger partial charge on any atom is 0.348 e. The largest absolute Gasteiger partial charge is 0.348 e. The summed E-state index contributed by atoms with van der Waals surface area (Å²) in [4.78, 5) is 27.1. The van der Waals surface area contributed by atoms with E-state index in [-0.39, 0.29) is 9.86 Å². The zero-order valence-corrected chi connectivity index (χ0v) is 14.0. The Morgan fingerprint density at radius 3 is 2.57 bits per heavy atom. The van der Waals surface area contributed by atoms with Gasteiger partial charge in [-0.1, -0.05) is 57.2 Å². The molecule has 4 nitrogen and oxygen atoms in total. The van der Waals surface area contributed by atoms with E-state index in [4.69, 9.17) is 5.26 Å². The summed E-state index contributed by atoms with van der Waals surface area (Å²) < 4.78 is -0.352. The van der Waals surface area contributed by atoms with E-state index in [0.717, 1.165) is 24.8 Å². The second kappa shape index (κ2) is 8.59. The molecule has 1 N–H and O–H groups in total. The van der Waals surface area contributed by atoms with Crippen LogP contribution in [0.1, 0.15) is 65.7 Å². The normalized spacial score (nSPS) is 23.0. The van der Waals surface area contributed by atoms with Crippen LogP contribution in [0.2, 0.25) is 0 Å². The molecule has 0 aliphatic carbocycles. The molecule has 0 amide bonds. The highest BCUT2D eigenvalue weighted by Gasteiger charge is 2.42. The maximum absolute atomic E-state index is 11.7. The molecule has 2 atom stereocenters. The highest BCUT2D eigenvalue weighted by molar-refractivity contribution is 8.15. The Labute approximate surface area is 131 Å². The van der Waals surface area contributed by atoms with E-state index in [1.165, 1.54) is 43.5 Å². The minimum atomic E-state index is -0.703. The predicted octanol–water partition coefficient (Wildman–Crippen LogP) is 4.35. The van der Waals surface area contributed by atoms with Crippen molar-refractivity contribution in [1.29, 1.82) is 0 Å². The third-order valence-corrected chi connectivity index (χ3v) is 5.34. The topological polar surface area (TPSA) is 63.6 Å². The fourth-order valence-electron chi connectivity index (χ4n) is 2.82. The van der Waals surface area contributed by atoms with Crippen LogP contribution >= 0.6 is 11.8 Å². The minimum Gasteiger partial charge on any atom is -0.300 e. The molecule has 120 valence electrons. The molecule has 21 heavy (non-hydrogen) atoms. The maximum atomic E-state index is 11.7. The fraction of sp³-hybridized carbons (Fsp3) is 0.750. The Hall–Kier alpha value is -0.810. The highest BCUT2D eigenvalue weighted by atomic mass is 32.2. The Kier molecular flexibility index (Phi) is 7.46. The van der Waals surface area contributed by atoms with Gasteiger partial charge in [0, 0.05) is 4.75 Å². The lowest BCUT2D eigenvalue weighted by atomic mass is 9.85. The SMILES string of the molecule is CCCCCCCCC1(C)SC(=O)C=C1C(C)C(=O)OO. The molecule has 0 bridgehead atoms. The van der Waals surface area contributed by atoms with Crippen LogP contribution < -0.4 is 0 Å². The quantitative estimate of drug-likeness (QED) is 0.389. The summed E-state index contributed by atoms with van der Waals surface area (Å²) >= 11 is 1.28. The third kappa shape index (κ3) is 5.15. The van der Waals surface area contributed by atoms with Gasteiger partial charge in [-0.2, -0.15) is 5.26 Å². The van der Waals surface area contributed by atoms with E-state index in [0.29, 0.717) is 0 Å². The Bertz CT molecular complexity index is 405. The standard InChI is InChI=1S/C16H26O4S/c1-4-5-6-7-8-9-10-16(3)13(11-14(17)21-16)12(2)15(18)20-19/h11-12,19H,4-10H2,1-3H3. The van der Waals surface area contributed by atoms with Gasteiger partial charge in [-0.3, -0.25) is 4.79 Å². The average Bonchev–Trinajstić information content (AvgIpc) is 2.76. The van der Waals surface area contributed by atoms with Gasteiger partial charge < -0.3 is 4.89 Å². The second-order valence-corrected chi connectivity index (χ2v) is 7.41. The molecule has 0 spiro atoms. The van der Waals surface area contributed by atoms with Gasteiger partial charge in [0.1, 0.15) is 0 Å². The first-order valence-electron chi connectivity index (χ1n) is 7.75. The van der Waals surface area contributed by atoms with Gasteiger partial charge in [0.2, 0.25) is 5.12 Å². The molecule has 0 aromatic rings. The van der Waals surface area contributed by atoms with Crippen LogP contribution in [0.5, 0.6) is 0 Å². The van der Waals surface area contributed by atoms with E-state index in [2.05, 4.69) is 11.8 Å². The third-order valence-electron chi connectivity index (χ3n) is 4.13. The van der Waals surface area contributed by atoms with Gasteiger partial charge in [0.25, 0.3) is 0 Å². The van der Waals surface area contributed by atoms with Gasteiger partial charge in [0.15, 0.2) is 0 Å². The van der Waals surface area contributed by atoms with Crippen LogP contribution in [0.25, 0.3) is 0 Å². The molecular formula is C16H26O4S. The molecule has 2 unspecified atom stereocenters. The van der Waals surface area contributed by atoms with Crippen molar-refractivity contribution in [3.8, 4) is 0 Å². The Morgan fingerprint density at radius 1 is 1.33 bits per heavy atom. The van der Waals surface area contributed by atoms with Crippen LogP contribution in [-0.4, -0.2) is 21.1 Å². The summed E-state index contributed by atoms with van der Waals surface area (Å²) in [6, 6.07) is 0. The fourth-order valence-corrected chi connectivity index (χ4v) is 4.05. The molecular weight excluding hydrogens is 288 g/mol. The van der Waals surface area contributed by atoms with Crippen molar-refractivity contribution in [3.05, 3.63) is 11.6 Å². The lowest BCUT2D eigenvalue weighted by Crippen LogP contribution is -2.28. The summed E-state index contributed by atoms with van der Waals surface area (Å²) in [5, 5.41) is 8.51. The van der Waals surface area contributed by atoms with Crippen molar-refractivity contribution in [3.63, 3.8) is 0 Å².